The number of hydrogen-bond donors (Lipinski definition) is 1. The van der Waals surface area contributed by atoms with Crippen molar-refractivity contribution in [2.45, 2.75) is 44.8 Å². The van der Waals surface area contributed by atoms with Gasteiger partial charge in [-0.2, -0.15) is 11.8 Å². The molecule has 0 atom stereocenters. The Bertz CT molecular complexity index is 430. The number of ether oxygens (including phenoxy) is 2. The highest BCUT2D eigenvalue weighted by molar-refractivity contribution is 7.99. The van der Waals surface area contributed by atoms with Crippen molar-refractivity contribution in [2.75, 3.05) is 44.4 Å². The quantitative estimate of drug-likeness (QED) is 0.752. The van der Waals surface area contributed by atoms with E-state index in [1.54, 1.807) is 13.8 Å². The van der Waals surface area contributed by atoms with Crippen LogP contribution < -0.4 is 5.32 Å². The Morgan fingerprint density at radius 1 is 1.26 bits per heavy atom. The maximum Gasteiger partial charge on any atom is 0.303 e. The van der Waals surface area contributed by atoms with Crippen LogP contribution in [-0.2, 0) is 19.1 Å². The molecule has 2 aliphatic rings. The second-order valence-electron chi connectivity index (χ2n) is 6.72. The van der Waals surface area contributed by atoms with E-state index in [0.717, 1.165) is 50.7 Å². The van der Waals surface area contributed by atoms with Crippen molar-refractivity contribution in [2.24, 2.45) is 0 Å². The Hall–Kier alpha value is -0.790. The third-order valence-corrected chi connectivity index (χ3v) is 5.61. The first kappa shape index (κ1) is 18.5. The molecule has 0 radical (unpaired) electrons. The van der Waals surface area contributed by atoms with Crippen molar-refractivity contribution in [3.05, 3.63) is 0 Å². The lowest BCUT2D eigenvalue weighted by molar-refractivity contribution is -0.163. The first-order valence-electron chi connectivity index (χ1n) is 8.24. The molecule has 23 heavy (non-hydrogen) atoms. The summed E-state index contributed by atoms with van der Waals surface area (Å²) in [4.78, 5) is 26.1. The molecule has 1 amide bonds. The van der Waals surface area contributed by atoms with Gasteiger partial charge in [0, 0.05) is 32.1 Å². The molecule has 0 aromatic rings. The zero-order valence-electron chi connectivity index (χ0n) is 14.4. The van der Waals surface area contributed by atoms with E-state index in [1.165, 1.54) is 6.92 Å². The lowest BCUT2D eigenvalue weighted by Crippen LogP contribution is -2.61. The second kappa shape index (κ2) is 7.85. The fourth-order valence-corrected chi connectivity index (χ4v) is 4.51. The highest BCUT2D eigenvalue weighted by Crippen LogP contribution is 2.33. The average Bonchev–Trinajstić information content (AvgIpc) is 2.53. The summed E-state index contributed by atoms with van der Waals surface area (Å²) in [5.41, 5.74) is -1.14. The highest BCUT2D eigenvalue weighted by Gasteiger charge is 2.40. The van der Waals surface area contributed by atoms with Gasteiger partial charge in [0.15, 0.2) is 5.60 Å². The first-order valence-corrected chi connectivity index (χ1v) is 9.40. The number of morpholine rings is 1. The lowest BCUT2D eigenvalue weighted by Gasteiger charge is -2.48. The molecule has 0 saturated carbocycles. The van der Waals surface area contributed by atoms with Gasteiger partial charge in [0.2, 0.25) is 0 Å². The Labute approximate surface area is 142 Å². The van der Waals surface area contributed by atoms with Gasteiger partial charge in [-0.05, 0) is 38.2 Å². The molecule has 2 saturated heterocycles. The van der Waals surface area contributed by atoms with Gasteiger partial charge in [0.05, 0.1) is 13.2 Å². The van der Waals surface area contributed by atoms with E-state index in [0.29, 0.717) is 6.54 Å². The van der Waals surface area contributed by atoms with Crippen LogP contribution in [0.1, 0.15) is 33.6 Å². The SMILES string of the molecule is CC(=O)OC(C)(C)C(=O)NCC1(N2CCOCC2)CCSCC1. The Balaban J connectivity index is 2.00. The summed E-state index contributed by atoms with van der Waals surface area (Å²) < 4.78 is 10.6. The molecule has 0 aliphatic carbocycles. The topological polar surface area (TPSA) is 67.9 Å². The van der Waals surface area contributed by atoms with Crippen molar-refractivity contribution < 1.29 is 19.1 Å². The highest BCUT2D eigenvalue weighted by atomic mass is 32.2. The summed E-state index contributed by atoms with van der Waals surface area (Å²) in [6, 6.07) is 0. The van der Waals surface area contributed by atoms with Gasteiger partial charge in [-0.15, -0.1) is 0 Å². The molecule has 0 aromatic carbocycles. The summed E-state index contributed by atoms with van der Waals surface area (Å²) in [6.07, 6.45) is 2.12. The van der Waals surface area contributed by atoms with E-state index in [2.05, 4.69) is 10.2 Å². The summed E-state index contributed by atoms with van der Waals surface area (Å²) in [5, 5.41) is 3.03. The summed E-state index contributed by atoms with van der Waals surface area (Å²) in [6.45, 7) is 8.49. The van der Waals surface area contributed by atoms with Crippen molar-refractivity contribution >= 4 is 23.6 Å². The summed E-state index contributed by atoms with van der Waals surface area (Å²) >= 11 is 1.97. The molecule has 0 bridgehead atoms. The van der Waals surface area contributed by atoms with Crippen LogP contribution in [0.3, 0.4) is 0 Å². The third-order valence-electron chi connectivity index (χ3n) is 4.63. The molecule has 0 aromatic heterocycles. The minimum atomic E-state index is -1.14. The zero-order valence-corrected chi connectivity index (χ0v) is 15.2. The molecule has 1 N–H and O–H groups in total. The van der Waals surface area contributed by atoms with E-state index < -0.39 is 11.6 Å². The standard InChI is InChI=1S/C16H28N2O4S/c1-13(19)22-15(2,3)14(20)17-12-16(4-10-23-11-5-16)18-6-8-21-9-7-18/h4-12H2,1-3H3,(H,17,20). The second-order valence-corrected chi connectivity index (χ2v) is 7.95. The number of carbonyl (C=O) groups excluding carboxylic acids is 2. The molecule has 2 rings (SSSR count). The molecule has 2 heterocycles. The minimum Gasteiger partial charge on any atom is -0.450 e. The van der Waals surface area contributed by atoms with Crippen LogP contribution >= 0.6 is 11.8 Å². The predicted octanol–water partition coefficient (Wildman–Crippen LogP) is 1.04. The maximum atomic E-state index is 12.4. The Kier molecular flexibility index (Phi) is 6.33. The van der Waals surface area contributed by atoms with E-state index in [9.17, 15) is 9.59 Å². The van der Waals surface area contributed by atoms with E-state index in [1.807, 2.05) is 11.8 Å². The zero-order chi connectivity index (χ0) is 16.9. The van der Waals surface area contributed by atoms with Gasteiger partial charge >= 0.3 is 5.97 Å². The van der Waals surface area contributed by atoms with Crippen LogP contribution in [0, 0.1) is 0 Å². The number of hydrogen-bond acceptors (Lipinski definition) is 6. The van der Waals surface area contributed by atoms with Gasteiger partial charge in [0.25, 0.3) is 5.91 Å². The Morgan fingerprint density at radius 2 is 1.87 bits per heavy atom. The van der Waals surface area contributed by atoms with Crippen LogP contribution in [0.15, 0.2) is 0 Å². The molecule has 2 fully saturated rings. The van der Waals surface area contributed by atoms with Gasteiger partial charge in [-0.3, -0.25) is 14.5 Å². The molecular weight excluding hydrogens is 316 g/mol. The van der Waals surface area contributed by atoms with E-state index in [-0.39, 0.29) is 11.4 Å². The van der Waals surface area contributed by atoms with Gasteiger partial charge in [-0.1, -0.05) is 0 Å². The van der Waals surface area contributed by atoms with Gasteiger partial charge in [0.1, 0.15) is 0 Å². The summed E-state index contributed by atoms with van der Waals surface area (Å²) in [5.74, 6) is 1.54. The predicted molar refractivity (Wildman–Crippen MR) is 90.5 cm³/mol. The van der Waals surface area contributed by atoms with Crippen LogP contribution in [0.2, 0.25) is 0 Å². The maximum absolute atomic E-state index is 12.4. The van der Waals surface area contributed by atoms with Crippen molar-refractivity contribution in [1.29, 1.82) is 0 Å². The number of rotatable bonds is 5. The van der Waals surface area contributed by atoms with Crippen LogP contribution in [0.25, 0.3) is 0 Å². The smallest absolute Gasteiger partial charge is 0.303 e. The van der Waals surface area contributed by atoms with Crippen LogP contribution in [0.5, 0.6) is 0 Å². The fourth-order valence-electron chi connectivity index (χ4n) is 3.26. The lowest BCUT2D eigenvalue weighted by atomic mass is 9.89. The van der Waals surface area contributed by atoms with Crippen molar-refractivity contribution in [3.63, 3.8) is 0 Å². The van der Waals surface area contributed by atoms with Crippen LogP contribution in [0.4, 0.5) is 0 Å². The first-order chi connectivity index (χ1) is 10.9. The number of thioether (sulfide) groups is 1. The molecule has 132 valence electrons. The molecule has 2 aliphatic heterocycles. The fraction of sp³-hybridized carbons (Fsp3) is 0.875. The van der Waals surface area contributed by atoms with Crippen LogP contribution in [-0.4, -0.2) is 72.3 Å². The monoisotopic (exact) mass is 344 g/mol. The molecule has 0 spiro atoms. The van der Waals surface area contributed by atoms with Crippen molar-refractivity contribution in [3.8, 4) is 0 Å². The normalized spacial score (nSPS) is 22.4. The minimum absolute atomic E-state index is 0.00298. The number of nitrogens with one attached hydrogen (secondary N) is 1. The molecular formula is C16H28N2O4S. The molecule has 0 unspecified atom stereocenters. The number of amides is 1. The van der Waals surface area contributed by atoms with Gasteiger partial charge < -0.3 is 14.8 Å². The number of esters is 1. The molecule has 7 heteroatoms. The number of carbonyl (C=O) groups is 2. The molecule has 6 nitrogen and oxygen atoms in total. The van der Waals surface area contributed by atoms with Gasteiger partial charge in [-0.25, -0.2) is 0 Å². The van der Waals surface area contributed by atoms with E-state index in [4.69, 9.17) is 9.47 Å². The Morgan fingerprint density at radius 3 is 2.43 bits per heavy atom. The third kappa shape index (κ3) is 4.84. The summed E-state index contributed by atoms with van der Waals surface area (Å²) in [7, 11) is 0. The number of nitrogens with zero attached hydrogens (tertiary/aromatic N) is 1. The van der Waals surface area contributed by atoms with E-state index >= 15 is 0 Å². The average molecular weight is 344 g/mol. The van der Waals surface area contributed by atoms with Crippen molar-refractivity contribution in [1.82, 2.24) is 10.2 Å². The largest absolute Gasteiger partial charge is 0.450 e.